The number of thioether (sulfide) groups is 1. The van der Waals surface area contributed by atoms with Crippen LogP contribution in [-0.4, -0.2) is 13.3 Å². The van der Waals surface area contributed by atoms with E-state index < -0.39 is 0 Å². The molecule has 0 spiro atoms. The zero-order valence-corrected chi connectivity index (χ0v) is 13.5. The lowest BCUT2D eigenvalue weighted by molar-refractivity contribution is 0.174. The summed E-state index contributed by atoms with van der Waals surface area (Å²) in [6.45, 7) is 4.83. The van der Waals surface area contributed by atoms with Crippen LogP contribution < -0.4 is 5.32 Å². The van der Waals surface area contributed by atoms with Crippen LogP contribution in [0.3, 0.4) is 0 Å². The third kappa shape index (κ3) is 3.35. The van der Waals surface area contributed by atoms with Crippen molar-refractivity contribution in [3.63, 3.8) is 0 Å². The van der Waals surface area contributed by atoms with Gasteiger partial charge in [0.05, 0.1) is 0 Å². The van der Waals surface area contributed by atoms with Crippen LogP contribution in [-0.2, 0) is 0 Å². The van der Waals surface area contributed by atoms with Gasteiger partial charge in [-0.25, -0.2) is 0 Å². The van der Waals surface area contributed by atoms with Crippen molar-refractivity contribution >= 4 is 11.8 Å². The Labute approximate surface area is 122 Å². The molecule has 1 nitrogen and oxygen atoms in total. The van der Waals surface area contributed by atoms with Gasteiger partial charge in [-0.15, -0.1) is 11.8 Å². The van der Waals surface area contributed by atoms with E-state index in [2.05, 4.69) is 56.7 Å². The predicted octanol–water partition coefficient (Wildman–Crippen LogP) is 4.74. The predicted molar refractivity (Wildman–Crippen MR) is 85.7 cm³/mol. The first-order valence-corrected chi connectivity index (χ1v) is 8.70. The van der Waals surface area contributed by atoms with E-state index >= 15 is 0 Å². The first-order chi connectivity index (χ1) is 9.17. The maximum absolute atomic E-state index is 3.58. The Bertz CT molecular complexity index is 404. The highest BCUT2D eigenvalue weighted by atomic mass is 32.2. The molecule has 0 aliphatic heterocycles. The summed E-state index contributed by atoms with van der Waals surface area (Å²) in [5, 5.41) is 3.58. The standard InChI is InChI=1S/C17H27NS/c1-12-9-10-14(11-13(12)2)17(18-3)15-7-5-6-8-16(15)19-4/h5-8,12-14,17-18H,9-11H2,1-4H3. The van der Waals surface area contributed by atoms with Crippen LogP contribution in [0.5, 0.6) is 0 Å². The van der Waals surface area contributed by atoms with Crippen molar-refractivity contribution in [3.05, 3.63) is 29.8 Å². The molecule has 1 aromatic carbocycles. The molecule has 0 saturated heterocycles. The first-order valence-electron chi connectivity index (χ1n) is 7.47. The van der Waals surface area contributed by atoms with Crippen LogP contribution in [0, 0.1) is 17.8 Å². The van der Waals surface area contributed by atoms with Crippen LogP contribution in [0.2, 0.25) is 0 Å². The van der Waals surface area contributed by atoms with Gasteiger partial charge < -0.3 is 5.32 Å². The second kappa shape index (κ2) is 6.81. The fraction of sp³-hybridized carbons (Fsp3) is 0.647. The zero-order chi connectivity index (χ0) is 13.8. The van der Waals surface area contributed by atoms with Crippen molar-refractivity contribution in [1.29, 1.82) is 0 Å². The summed E-state index contributed by atoms with van der Waals surface area (Å²) in [4.78, 5) is 1.42. The first kappa shape index (κ1) is 14.9. The van der Waals surface area contributed by atoms with Crippen LogP contribution >= 0.6 is 11.8 Å². The molecule has 0 bridgehead atoms. The molecule has 0 amide bonds. The van der Waals surface area contributed by atoms with Gasteiger partial charge in [0.15, 0.2) is 0 Å². The Morgan fingerprint density at radius 3 is 2.53 bits per heavy atom. The second-order valence-electron chi connectivity index (χ2n) is 6.04. The van der Waals surface area contributed by atoms with Crippen molar-refractivity contribution in [2.45, 2.75) is 44.0 Å². The molecule has 1 aliphatic rings. The third-order valence-electron chi connectivity index (χ3n) is 4.90. The van der Waals surface area contributed by atoms with Gasteiger partial charge in [0, 0.05) is 10.9 Å². The number of hydrogen-bond donors (Lipinski definition) is 1. The molecule has 2 rings (SSSR count). The quantitative estimate of drug-likeness (QED) is 0.798. The number of benzene rings is 1. The van der Waals surface area contributed by atoms with Crippen molar-refractivity contribution in [2.75, 3.05) is 13.3 Å². The summed E-state index contributed by atoms with van der Waals surface area (Å²) in [6, 6.07) is 9.38. The fourth-order valence-electron chi connectivity index (χ4n) is 3.46. The highest BCUT2D eigenvalue weighted by molar-refractivity contribution is 7.98. The van der Waals surface area contributed by atoms with Gasteiger partial charge >= 0.3 is 0 Å². The van der Waals surface area contributed by atoms with Gasteiger partial charge in [0.2, 0.25) is 0 Å². The normalized spacial score (nSPS) is 29.2. The van der Waals surface area contributed by atoms with E-state index in [0.29, 0.717) is 6.04 Å². The van der Waals surface area contributed by atoms with E-state index in [9.17, 15) is 0 Å². The molecule has 1 saturated carbocycles. The smallest absolute Gasteiger partial charge is 0.0357 e. The second-order valence-corrected chi connectivity index (χ2v) is 6.88. The van der Waals surface area contributed by atoms with Crippen LogP contribution in [0.15, 0.2) is 29.2 Å². The minimum Gasteiger partial charge on any atom is -0.313 e. The molecular formula is C17H27NS. The largest absolute Gasteiger partial charge is 0.313 e. The number of hydrogen-bond acceptors (Lipinski definition) is 2. The summed E-state index contributed by atoms with van der Waals surface area (Å²) in [6.07, 6.45) is 6.28. The Balaban J connectivity index is 2.20. The Morgan fingerprint density at radius 1 is 1.16 bits per heavy atom. The highest BCUT2D eigenvalue weighted by Gasteiger charge is 2.31. The molecule has 0 aromatic heterocycles. The summed E-state index contributed by atoms with van der Waals surface area (Å²) < 4.78 is 0. The Morgan fingerprint density at radius 2 is 1.89 bits per heavy atom. The van der Waals surface area contributed by atoms with Crippen LogP contribution in [0.4, 0.5) is 0 Å². The minimum atomic E-state index is 0.513. The number of nitrogens with one attached hydrogen (secondary N) is 1. The SMILES string of the molecule is CNC(c1ccccc1SC)C1CCC(C)C(C)C1. The molecule has 0 heterocycles. The van der Waals surface area contributed by atoms with Crippen molar-refractivity contribution in [2.24, 2.45) is 17.8 Å². The lowest BCUT2D eigenvalue weighted by Gasteiger charge is -2.37. The summed E-state index contributed by atoms with van der Waals surface area (Å²) >= 11 is 1.86. The van der Waals surface area contributed by atoms with Gasteiger partial charge in [-0.2, -0.15) is 0 Å². The highest BCUT2D eigenvalue weighted by Crippen LogP contribution is 2.41. The van der Waals surface area contributed by atoms with E-state index in [0.717, 1.165) is 17.8 Å². The molecule has 106 valence electrons. The van der Waals surface area contributed by atoms with E-state index in [1.807, 2.05) is 11.8 Å². The maximum Gasteiger partial charge on any atom is 0.0357 e. The molecule has 2 heteroatoms. The summed E-state index contributed by atoms with van der Waals surface area (Å²) in [5.74, 6) is 2.53. The van der Waals surface area contributed by atoms with Crippen LogP contribution in [0.25, 0.3) is 0 Å². The summed E-state index contributed by atoms with van der Waals surface area (Å²) in [5.41, 5.74) is 1.49. The zero-order valence-electron chi connectivity index (χ0n) is 12.6. The lowest BCUT2D eigenvalue weighted by atomic mass is 9.72. The van der Waals surface area contributed by atoms with Gasteiger partial charge in [-0.3, -0.25) is 0 Å². The molecule has 0 radical (unpaired) electrons. The number of rotatable bonds is 4. The van der Waals surface area contributed by atoms with Gasteiger partial charge in [0.1, 0.15) is 0 Å². The topological polar surface area (TPSA) is 12.0 Å². The van der Waals surface area contributed by atoms with E-state index in [1.54, 1.807) is 0 Å². The monoisotopic (exact) mass is 277 g/mol. The summed E-state index contributed by atoms with van der Waals surface area (Å²) in [7, 11) is 2.12. The van der Waals surface area contributed by atoms with E-state index in [1.165, 1.54) is 29.7 Å². The van der Waals surface area contributed by atoms with Crippen LogP contribution in [0.1, 0.15) is 44.7 Å². The van der Waals surface area contributed by atoms with Gasteiger partial charge in [-0.05, 0) is 55.5 Å². The molecule has 4 unspecified atom stereocenters. The Kier molecular flexibility index (Phi) is 5.35. The minimum absolute atomic E-state index is 0.513. The maximum atomic E-state index is 3.58. The van der Waals surface area contributed by atoms with Crippen molar-refractivity contribution in [3.8, 4) is 0 Å². The lowest BCUT2D eigenvalue weighted by Crippen LogP contribution is -2.31. The molecule has 1 aromatic rings. The van der Waals surface area contributed by atoms with Crippen molar-refractivity contribution < 1.29 is 0 Å². The third-order valence-corrected chi connectivity index (χ3v) is 5.71. The Hall–Kier alpha value is -0.470. The average molecular weight is 277 g/mol. The van der Waals surface area contributed by atoms with E-state index in [-0.39, 0.29) is 0 Å². The molecule has 1 aliphatic carbocycles. The molecule has 19 heavy (non-hydrogen) atoms. The molecule has 4 atom stereocenters. The molecule has 1 fully saturated rings. The molecule has 1 N–H and O–H groups in total. The van der Waals surface area contributed by atoms with E-state index in [4.69, 9.17) is 0 Å². The van der Waals surface area contributed by atoms with Crippen molar-refractivity contribution in [1.82, 2.24) is 5.32 Å². The average Bonchev–Trinajstić information content (AvgIpc) is 2.44. The van der Waals surface area contributed by atoms with Gasteiger partial charge in [0.25, 0.3) is 0 Å². The fourth-order valence-corrected chi connectivity index (χ4v) is 4.11. The molecular weight excluding hydrogens is 250 g/mol. The van der Waals surface area contributed by atoms with Gasteiger partial charge in [-0.1, -0.05) is 38.5 Å².